The molecule has 0 atom stereocenters. The van der Waals surface area contributed by atoms with Gasteiger partial charge < -0.3 is 10.1 Å². The summed E-state index contributed by atoms with van der Waals surface area (Å²) in [5.41, 5.74) is 5.76. The molecule has 0 aliphatic heterocycles. The standard InChI is InChI=1S/C20H26N2O3/c1-5-24-17-11-12-18(20(23)22-25-6-2)19(13-17)21-16-9-7-15(8-10-16)14(3)4/h7-14,21H,5-6H2,1-4H3,(H,22,23). The van der Waals surface area contributed by atoms with Crippen LogP contribution in [0, 0.1) is 0 Å². The molecule has 0 aromatic heterocycles. The summed E-state index contributed by atoms with van der Waals surface area (Å²) in [6.07, 6.45) is 0. The minimum Gasteiger partial charge on any atom is -0.494 e. The molecule has 0 aliphatic rings. The van der Waals surface area contributed by atoms with Crippen molar-refractivity contribution >= 4 is 17.3 Å². The van der Waals surface area contributed by atoms with E-state index in [2.05, 4.69) is 36.8 Å². The molecule has 2 aromatic rings. The molecule has 0 radical (unpaired) electrons. The van der Waals surface area contributed by atoms with E-state index in [1.165, 1.54) is 5.56 Å². The van der Waals surface area contributed by atoms with Crippen molar-refractivity contribution in [3.05, 3.63) is 53.6 Å². The van der Waals surface area contributed by atoms with Gasteiger partial charge in [0.2, 0.25) is 0 Å². The Bertz CT molecular complexity index is 697. The van der Waals surface area contributed by atoms with Crippen molar-refractivity contribution in [3.63, 3.8) is 0 Å². The Morgan fingerprint density at radius 2 is 1.76 bits per heavy atom. The number of hydrogen-bond donors (Lipinski definition) is 2. The highest BCUT2D eigenvalue weighted by atomic mass is 16.6. The average Bonchev–Trinajstić information content (AvgIpc) is 2.60. The van der Waals surface area contributed by atoms with Crippen molar-refractivity contribution in [3.8, 4) is 5.75 Å². The van der Waals surface area contributed by atoms with Gasteiger partial charge in [-0.1, -0.05) is 26.0 Å². The van der Waals surface area contributed by atoms with Crippen LogP contribution in [0.2, 0.25) is 0 Å². The van der Waals surface area contributed by atoms with Crippen molar-refractivity contribution in [2.45, 2.75) is 33.6 Å². The predicted octanol–water partition coefficient (Wildman–Crippen LogP) is 4.63. The Labute approximate surface area is 149 Å². The highest BCUT2D eigenvalue weighted by molar-refractivity contribution is 6.00. The number of nitrogens with one attached hydrogen (secondary N) is 2. The van der Waals surface area contributed by atoms with Crippen LogP contribution in [0.4, 0.5) is 11.4 Å². The van der Waals surface area contributed by atoms with Crippen LogP contribution in [0.15, 0.2) is 42.5 Å². The molecule has 1 amide bonds. The molecule has 0 heterocycles. The number of hydroxylamine groups is 1. The maximum atomic E-state index is 12.3. The zero-order valence-corrected chi connectivity index (χ0v) is 15.3. The number of ether oxygens (including phenoxy) is 1. The molecule has 0 bridgehead atoms. The topological polar surface area (TPSA) is 59.6 Å². The van der Waals surface area contributed by atoms with Crippen molar-refractivity contribution in [1.82, 2.24) is 5.48 Å². The van der Waals surface area contributed by atoms with E-state index in [-0.39, 0.29) is 5.91 Å². The molecule has 0 aliphatic carbocycles. The van der Waals surface area contributed by atoms with Gasteiger partial charge in [0.1, 0.15) is 5.75 Å². The Kier molecular flexibility index (Phi) is 6.83. The molecule has 25 heavy (non-hydrogen) atoms. The molecule has 0 saturated carbocycles. The van der Waals surface area contributed by atoms with Gasteiger partial charge in [0.15, 0.2) is 0 Å². The lowest BCUT2D eigenvalue weighted by Gasteiger charge is -2.15. The van der Waals surface area contributed by atoms with Gasteiger partial charge in [0, 0.05) is 11.8 Å². The lowest BCUT2D eigenvalue weighted by molar-refractivity contribution is 0.0365. The summed E-state index contributed by atoms with van der Waals surface area (Å²) in [6.45, 7) is 9.02. The van der Waals surface area contributed by atoms with E-state index < -0.39 is 0 Å². The maximum absolute atomic E-state index is 12.3. The maximum Gasteiger partial charge on any atom is 0.276 e. The normalized spacial score (nSPS) is 10.6. The lowest BCUT2D eigenvalue weighted by atomic mass is 10.0. The molecule has 0 fully saturated rings. The van der Waals surface area contributed by atoms with Crippen molar-refractivity contribution in [2.24, 2.45) is 0 Å². The first-order valence-electron chi connectivity index (χ1n) is 8.61. The van der Waals surface area contributed by atoms with Gasteiger partial charge in [-0.25, -0.2) is 5.48 Å². The van der Waals surface area contributed by atoms with E-state index in [0.717, 1.165) is 5.69 Å². The first kappa shape index (κ1) is 18.8. The molecule has 0 saturated heterocycles. The van der Waals surface area contributed by atoms with E-state index in [1.54, 1.807) is 12.1 Å². The van der Waals surface area contributed by atoms with Crippen molar-refractivity contribution < 1.29 is 14.4 Å². The third kappa shape index (κ3) is 5.22. The monoisotopic (exact) mass is 342 g/mol. The van der Waals surface area contributed by atoms with Crippen LogP contribution in [0.1, 0.15) is 49.5 Å². The van der Waals surface area contributed by atoms with Crippen LogP contribution in [-0.2, 0) is 4.84 Å². The van der Waals surface area contributed by atoms with Crippen LogP contribution < -0.4 is 15.5 Å². The van der Waals surface area contributed by atoms with Crippen LogP contribution in [0.3, 0.4) is 0 Å². The third-order valence-corrected chi connectivity index (χ3v) is 3.71. The molecule has 2 aromatic carbocycles. The minimum absolute atomic E-state index is 0.300. The van der Waals surface area contributed by atoms with Gasteiger partial charge in [0.05, 0.1) is 24.5 Å². The Balaban J connectivity index is 2.28. The Morgan fingerprint density at radius 1 is 1.04 bits per heavy atom. The number of hydrogen-bond acceptors (Lipinski definition) is 4. The number of carbonyl (C=O) groups excluding carboxylic acids is 1. The van der Waals surface area contributed by atoms with Crippen LogP contribution in [-0.4, -0.2) is 19.1 Å². The third-order valence-electron chi connectivity index (χ3n) is 3.71. The second-order valence-corrected chi connectivity index (χ2v) is 5.91. The van der Waals surface area contributed by atoms with Crippen LogP contribution in [0.5, 0.6) is 5.75 Å². The Hall–Kier alpha value is -2.53. The quantitative estimate of drug-likeness (QED) is 0.687. The summed E-state index contributed by atoms with van der Waals surface area (Å²) in [6, 6.07) is 13.5. The van der Waals surface area contributed by atoms with Crippen molar-refractivity contribution in [2.75, 3.05) is 18.5 Å². The zero-order valence-electron chi connectivity index (χ0n) is 15.3. The predicted molar refractivity (Wildman–Crippen MR) is 101 cm³/mol. The highest BCUT2D eigenvalue weighted by Gasteiger charge is 2.13. The first-order chi connectivity index (χ1) is 12.0. The summed E-state index contributed by atoms with van der Waals surface area (Å²) in [4.78, 5) is 17.3. The number of carbonyl (C=O) groups is 1. The lowest BCUT2D eigenvalue weighted by Crippen LogP contribution is -2.24. The first-order valence-corrected chi connectivity index (χ1v) is 8.61. The van der Waals surface area contributed by atoms with Gasteiger partial charge in [-0.3, -0.25) is 9.63 Å². The molecule has 5 nitrogen and oxygen atoms in total. The second-order valence-electron chi connectivity index (χ2n) is 5.91. The number of anilines is 2. The van der Waals surface area contributed by atoms with Crippen molar-refractivity contribution in [1.29, 1.82) is 0 Å². The molecule has 0 unspecified atom stereocenters. The summed E-state index contributed by atoms with van der Waals surface area (Å²) in [5, 5.41) is 3.30. The molecular formula is C20H26N2O3. The Morgan fingerprint density at radius 3 is 2.36 bits per heavy atom. The average molecular weight is 342 g/mol. The van der Waals surface area contributed by atoms with E-state index >= 15 is 0 Å². The van der Waals surface area contributed by atoms with Gasteiger partial charge in [0.25, 0.3) is 5.91 Å². The van der Waals surface area contributed by atoms with Gasteiger partial charge in [-0.15, -0.1) is 0 Å². The molecule has 2 N–H and O–H groups in total. The van der Waals surface area contributed by atoms with Gasteiger partial charge >= 0.3 is 0 Å². The van der Waals surface area contributed by atoms with E-state index in [1.807, 2.05) is 32.0 Å². The zero-order chi connectivity index (χ0) is 18.2. The summed E-state index contributed by atoms with van der Waals surface area (Å²) in [7, 11) is 0. The highest BCUT2D eigenvalue weighted by Crippen LogP contribution is 2.27. The number of rotatable bonds is 8. The smallest absolute Gasteiger partial charge is 0.276 e. The largest absolute Gasteiger partial charge is 0.494 e. The number of amides is 1. The molecular weight excluding hydrogens is 316 g/mol. The molecule has 134 valence electrons. The number of benzene rings is 2. The van der Waals surface area contributed by atoms with E-state index in [9.17, 15) is 4.79 Å². The summed E-state index contributed by atoms with van der Waals surface area (Å²) < 4.78 is 5.55. The van der Waals surface area contributed by atoms with Gasteiger partial charge in [-0.05, 0) is 49.6 Å². The fourth-order valence-electron chi connectivity index (χ4n) is 2.38. The summed E-state index contributed by atoms with van der Waals surface area (Å²) >= 11 is 0. The minimum atomic E-state index is -0.300. The van der Waals surface area contributed by atoms with Crippen LogP contribution in [0.25, 0.3) is 0 Å². The van der Waals surface area contributed by atoms with Crippen LogP contribution >= 0.6 is 0 Å². The second kappa shape index (κ2) is 9.08. The fraction of sp³-hybridized carbons (Fsp3) is 0.350. The van der Waals surface area contributed by atoms with E-state index in [4.69, 9.17) is 9.57 Å². The SMILES string of the molecule is CCONC(=O)c1ccc(OCC)cc1Nc1ccc(C(C)C)cc1. The summed E-state index contributed by atoms with van der Waals surface area (Å²) in [5.74, 6) is 0.880. The molecule has 5 heteroatoms. The fourth-order valence-corrected chi connectivity index (χ4v) is 2.38. The van der Waals surface area contributed by atoms with E-state index in [0.29, 0.717) is 36.1 Å². The van der Waals surface area contributed by atoms with Gasteiger partial charge in [-0.2, -0.15) is 0 Å². The molecule has 0 spiro atoms. The molecule has 2 rings (SSSR count).